The molecule has 0 aromatic heterocycles. The zero-order chi connectivity index (χ0) is 16.3. The van der Waals surface area contributed by atoms with Crippen molar-refractivity contribution in [3.63, 3.8) is 0 Å². The maximum Gasteiger partial charge on any atom is 0.118 e. The molecular formula is C21H20OS. The van der Waals surface area contributed by atoms with Crippen LogP contribution in [0.2, 0.25) is 0 Å². The minimum atomic E-state index is 0.868. The number of methoxy groups -OCH3 is 1. The molecule has 0 saturated carbocycles. The van der Waals surface area contributed by atoms with Crippen molar-refractivity contribution in [2.75, 3.05) is 7.11 Å². The van der Waals surface area contributed by atoms with Crippen LogP contribution in [-0.2, 0) is 0 Å². The predicted octanol–water partition coefficient (Wildman–Crippen LogP) is 5.84. The van der Waals surface area contributed by atoms with E-state index in [1.807, 2.05) is 60.7 Å². The molecule has 0 radical (unpaired) electrons. The molecule has 0 fully saturated rings. The molecule has 3 aromatic carbocycles. The molecule has 0 aliphatic heterocycles. The molecule has 1 nitrogen and oxygen atoms in total. The van der Waals surface area contributed by atoms with E-state index in [-0.39, 0.29) is 0 Å². The number of hydrogen-bond acceptors (Lipinski definition) is 2. The van der Waals surface area contributed by atoms with Crippen LogP contribution in [0.3, 0.4) is 0 Å². The summed E-state index contributed by atoms with van der Waals surface area (Å²) in [4.78, 5) is 0.954. The third-order valence-corrected chi connectivity index (χ3v) is 3.44. The van der Waals surface area contributed by atoms with Crippen molar-refractivity contribution >= 4 is 24.8 Å². The Morgan fingerprint density at radius 2 is 1.09 bits per heavy atom. The Hall–Kier alpha value is -2.45. The first-order valence-electron chi connectivity index (χ1n) is 7.39. The normalized spacial score (nSPS) is 10.0. The molecule has 0 bridgehead atoms. The molecule has 0 heterocycles. The van der Waals surface area contributed by atoms with E-state index in [1.165, 1.54) is 11.1 Å². The van der Waals surface area contributed by atoms with E-state index in [1.54, 1.807) is 7.11 Å². The highest BCUT2D eigenvalue weighted by atomic mass is 32.1. The van der Waals surface area contributed by atoms with E-state index < -0.39 is 0 Å². The van der Waals surface area contributed by atoms with Crippen LogP contribution >= 0.6 is 12.6 Å². The van der Waals surface area contributed by atoms with Gasteiger partial charge in [-0.1, -0.05) is 72.8 Å². The molecule has 0 unspecified atom stereocenters. The van der Waals surface area contributed by atoms with E-state index in [4.69, 9.17) is 4.74 Å². The summed E-state index contributed by atoms with van der Waals surface area (Å²) in [6.07, 6.45) is 4.24. The van der Waals surface area contributed by atoms with Gasteiger partial charge in [-0.25, -0.2) is 0 Å². The summed E-state index contributed by atoms with van der Waals surface area (Å²) in [5, 5.41) is 0. The Kier molecular flexibility index (Phi) is 7.02. The van der Waals surface area contributed by atoms with E-state index in [0.717, 1.165) is 10.6 Å². The van der Waals surface area contributed by atoms with Crippen LogP contribution in [0.1, 0.15) is 11.1 Å². The topological polar surface area (TPSA) is 9.23 Å². The second kappa shape index (κ2) is 9.54. The molecule has 0 aliphatic rings. The fourth-order valence-electron chi connectivity index (χ4n) is 1.90. The zero-order valence-electron chi connectivity index (χ0n) is 13.1. The van der Waals surface area contributed by atoms with Crippen LogP contribution in [-0.4, -0.2) is 7.11 Å². The summed E-state index contributed by atoms with van der Waals surface area (Å²) in [5.74, 6) is 0.868. The van der Waals surface area contributed by atoms with Crippen molar-refractivity contribution in [2.45, 2.75) is 4.90 Å². The molecule has 23 heavy (non-hydrogen) atoms. The van der Waals surface area contributed by atoms with Crippen LogP contribution < -0.4 is 4.74 Å². The summed E-state index contributed by atoms with van der Waals surface area (Å²) in [6, 6.07) is 28.2. The van der Waals surface area contributed by atoms with E-state index in [0.29, 0.717) is 0 Å². The Morgan fingerprint density at radius 3 is 1.48 bits per heavy atom. The smallest absolute Gasteiger partial charge is 0.118 e. The highest BCUT2D eigenvalue weighted by Gasteiger charge is 1.86. The minimum absolute atomic E-state index is 0.868. The van der Waals surface area contributed by atoms with Crippen molar-refractivity contribution in [3.8, 4) is 5.75 Å². The van der Waals surface area contributed by atoms with Gasteiger partial charge in [0.2, 0.25) is 0 Å². The summed E-state index contributed by atoms with van der Waals surface area (Å²) < 4.78 is 4.94. The molecule has 116 valence electrons. The lowest BCUT2D eigenvalue weighted by molar-refractivity contribution is 0.414. The number of benzene rings is 3. The van der Waals surface area contributed by atoms with Gasteiger partial charge >= 0.3 is 0 Å². The van der Waals surface area contributed by atoms with Crippen LogP contribution in [0.4, 0.5) is 0 Å². The molecule has 0 saturated heterocycles. The van der Waals surface area contributed by atoms with Crippen molar-refractivity contribution in [1.29, 1.82) is 0 Å². The van der Waals surface area contributed by atoms with E-state index >= 15 is 0 Å². The van der Waals surface area contributed by atoms with Crippen LogP contribution in [0, 0.1) is 0 Å². The van der Waals surface area contributed by atoms with Crippen LogP contribution in [0.25, 0.3) is 12.2 Å². The van der Waals surface area contributed by atoms with Gasteiger partial charge in [0.05, 0.1) is 7.11 Å². The number of rotatable bonds is 3. The monoisotopic (exact) mass is 320 g/mol. The molecule has 0 spiro atoms. The van der Waals surface area contributed by atoms with Gasteiger partial charge in [0.1, 0.15) is 5.75 Å². The summed E-state index contributed by atoms with van der Waals surface area (Å²) in [5.41, 5.74) is 2.47. The van der Waals surface area contributed by atoms with Crippen molar-refractivity contribution in [2.24, 2.45) is 0 Å². The third kappa shape index (κ3) is 6.45. The SMILES string of the molecule is C(=Cc1ccccc1)c1ccccc1.COc1ccc(S)cc1. The van der Waals surface area contributed by atoms with Gasteiger partial charge in [-0.2, -0.15) is 0 Å². The lowest BCUT2D eigenvalue weighted by Crippen LogP contribution is -1.79. The number of ether oxygens (including phenoxy) is 1. The Balaban J connectivity index is 0.000000185. The molecule has 0 atom stereocenters. The Bertz CT molecular complexity index is 662. The van der Waals surface area contributed by atoms with Crippen molar-refractivity contribution in [1.82, 2.24) is 0 Å². The van der Waals surface area contributed by atoms with Crippen molar-refractivity contribution < 1.29 is 4.74 Å². The first kappa shape index (κ1) is 16.9. The highest BCUT2D eigenvalue weighted by Crippen LogP contribution is 2.12. The van der Waals surface area contributed by atoms with Gasteiger partial charge < -0.3 is 4.74 Å². The number of thiol groups is 1. The summed E-state index contributed by atoms with van der Waals surface area (Å²) in [7, 11) is 1.65. The van der Waals surface area contributed by atoms with Gasteiger partial charge in [0.15, 0.2) is 0 Å². The molecule has 0 amide bonds. The second-order valence-corrected chi connectivity index (χ2v) is 5.37. The fraction of sp³-hybridized carbons (Fsp3) is 0.0476. The van der Waals surface area contributed by atoms with Crippen molar-refractivity contribution in [3.05, 3.63) is 96.1 Å². The molecule has 2 heteroatoms. The quantitative estimate of drug-likeness (QED) is 0.471. The van der Waals surface area contributed by atoms with Gasteiger partial charge in [0.25, 0.3) is 0 Å². The average Bonchev–Trinajstić information content (AvgIpc) is 2.63. The lowest BCUT2D eigenvalue weighted by Gasteiger charge is -1.96. The molecule has 3 aromatic rings. The largest absolute Gasteiger partial charge is 0.497 e. The van der Waals surface area contributed by atoms with Gasteiger partial charge in [-0.3, -0.25) is 0 Å². The first-order chi connectivity index (χ1) is 11.3. The molecular weight excluding hydrogens is 300 g/mol. The van der Waals surface area contributed by atoms with Gasteiger partial charge in [-0.15, -0.1) is 12.6 Å². The summed E-state index contributed by atoms with van der Waals surface area (Å²) in [6.45, 7) is 0. The molecule has 0 N–H and O–H groups in total. The maximum atomic E-state index is 4.94. The van der Waals surface area contributed by atoms with E-state index in [2.05, 4.69) is 49.0 Å². The second-order valence-electron chi connectivity index (χ2n) is 4.85. The fourth-order valence-corrected chi connectivity index (χ4v) is 2.05. The Labute approximate surface area is 143 Å². The molecule has 3 rings (SSSR count). The van der Waals surface area contributed by atoms with E-state index in [9.17, 15) is 0 Å². The lowest BCUT2D eigenvalue weighted by atomic mass is 10.1. The third-order valence-electron chi connectivity index (χ3n) is 3.14. The standard InChI is InChI=1S/C14H12.C7H8OS/c1-3-7-13(8-4-1)11-12-14-9-5-2-6-10-14;1-8-6-2-4-7(9)5-3-6/h1-12H;2-5,9H,1H3. The summed E-state index contributed by atoms with van der Waals surface area (Å²) >= 11 is 4.11. The predicted molar refractivity (Wildman–Crippen MR) is 102 cm³/mol. The molecule has 0 aliphatic carbocycles. The van der Waals surface area contributed by atoms with Gasteiger partial charge in [0, 0.05) is 4.90 Å². The van der Waals surface area contributed by atoms with Gasteiger partial charge in [-0.05, 0) is 35.4 Å². The Morgan fingerprint density at radius 1 is 0.652 bits per heavy atom. The van der Waals surface area contributed by atoms with Crippen LogP contribution in [0.5, 0.6) is 5.75 Å². The highest BCUT2D eigenvalue weighted by molar-refractivity contribution is 7.80. The number of hydrogen-bond donors (Lipinski definition) is 1. The van der Waals surface area contributed by atoms with Crippen LogP contribution in [0.15, 0.2) is 89.8 Å². The average molecular weight is 320 g/mol. The zero-order valence-corrected chi connectivity index (χ0v) is 14.0. The first-order valence-corrected chi connectivity index (χ1v) is 7.84. The minimum Gasteiger partial charge on any atom is -0.497 e. The maximum absolute atomic E-state index is 4.94.